The van der Waals surface area contributed by atoms with Crippen LogP contribution in [0.25, 0.3) is 10.9 Å². The molecule has 0 aliphatic heterocycles. The molecule has 0 aliphatic rings. The summed E-state index contributed by atoms with van der Waals surface area (Å²) in [6.45, 7) is 3.30. The zero-order valence-corrected chi connectivity index (χ0v) is 15.0. The quantitative estimate of drug-likeness (QED) is 0.740. The second-order valence-electron chi connectivity index (χ2n) is 6.82. The summed E-state index contributed by atoms with van der Waals surface area (Å²) in [6.07, 6.45) is 0.170. The van der Waals surface area contributed by atoms with Gasteiger partial charge in [0.15, 0.2) is 0 Å². The maximum Gasteiger partial charge on any atom is 0.313 e. The van der Waals surface area contributed by atoms with Crippen LogP contribution in [0, 0.1) is 0 Å². The molecule has 0 fully saturated rings. The molecule has 0 unspecified atom stereocenters. The highest BCUT2D eigenvalue weighted by atomic mass is 16.4. The lowest BCUT2D eigenvalue weighted by atomic mass is 9.85. The lowest BCUT2D eigenvalue weighted by molar-refractivity contribution is -0.142. The molecule has 134 valence electrons. The number of carboxylic acid groups (broad SMARTS) is 1. The van der Waals surface area contributed by atoms with Crippen molar-refractivity contribution < 1.29 is 14.7 Å². The SMILES string of the molecule is Cn1nc(CC(=O)Nc2ccc(C(C)(C)C(=O)O)cc2)c2ccccc21. The van der Waals surface area contributed by atoms with Crippen LogP contribution in [-0.4, -0.2) is 26.8 Å². The molecule has 2 N–H and O–H groups in total. The van der Waals surface area contributed by atoms with Crippen molar-refractivity contribution in [1.29, 1.82) is 0 Å². The predicted molar refractivity (Wildman–Crippen MR) is 100 cm³/mol. The number of aromatic nitrogens is 2. The lowest BCUT2D eigenvalue weighted by Gasteiger charge is -2.19. The molecule has 6 nitrogen and oxygen atoms in total. The third-order valence-corrected chi connectivity index (χ3v) is 4.59. The molecule has 0 saturated carbocycles. The van der Waals surface area contributed by atoms with E-state index in [1.165, 1.54) is 0 Å². The van der Waals surface area contributed by atoms with Crippen LogP contribution in [-0.2, 0) is 28.5 Å². The number of aryl methyl sites for hydroxylation is 1. The van der Waals surface area contributed by atoms with Crippen molar-refractivity contribution in [2.24, 2.45) is 7.05 Å². The molecule has 3 aromatic rings. The minimum absolute atomic E-state index is 0.168. The van der Waals surface area contributed by atoms with Gasteiger partial charge in [-0.3, -0.25) is 14.3 Å². The Bertz CT molecular complexity index is 972. The van der Waals surface area contributed by atoms with Gasteiger partial charge in [-0.2, -0.15) is 5.10 Å². The van der Waals surface area contributed by atoms with Gasteiger partial charge in [0.1, 0.15) is 0 Å². The number of carboxylic acids is 1. The van der Waals surface area contributed by atoms with Gasteiger partial charge in [-0.25, -0.2) is 0 Å². The second-order valence-corrected chi connectivity index (χ2v) is 6.82. The Balaban J connectivity index is 1.73. The maximum atomic E-state index is 12.4. The second kappa shape index (κ2) is 6.63. The van der Waals surface area contributed by atoms with Crippen molar-refractivity contribution in [3.63, 3.8) is 0 Å². The van der Waals surface area contributed by atoms with Gasteiger partial charge in [0, 0.05) is 18.1 Å². The van der Waals surface area contributed by atoms with Crippen LogP contribution in [0.2, 0.25) is 0 Å². The molecule has 0 spiro atoms. The number of benzene rings is 2. The zero-order chi connectivity index (χ0) is 18.9. The summed E-state index contributed by atoms with van der Waals surface area (Å²) in [7, 11) is 1.85. The molecule has 0 bridgehead atoms. The highest BCUT2D eigenvalue weighted by Crippen LogP contribution is 2.25. The van der Waals surface area contributed by atoms with Crippen LogP contribution in [0.3, 0.4) is 0 Å². The first kappa shape index (κ1) is 17.7. The summed E-state index contributed by atoms with van der Waals surface area (Å²) in [5.74, 6) is -1.06. The molecule has 0 saturated heterocycles. The minimum atomic E-state index is -0.977. The van der Waals surface area contributed by atoms with Gasteiger partial charge in [0.2, 0.25) is 5.91 Å². The summed E-state index contributed by atoms with van der Waals surface area (Å²) in [5.41, 5.74) is 2.04. The largest absolute Gasteiger partial charge is 0.481 e. The van der Waals surface area contributed by atoms with E-state index in [9.17, 15) is 14.7 Å². The molecule has 26 heavy (non-hydrogen) atoms. The molecule has 0 aliphatic carbocycles. The van der Waals surface area contributed by atoms with Crippen molar-refractivity contribution in [3.8, 4) is 0 Å². The zero-order valence-electron chi connectivity index (χ0n) is 15.0. The van der Waals surface area contributed by atoms with Crippen LogP contribution >= 0.6 is 0 Å². The number of carbonyl (C=O) groups is 2. The van der Waals surface area contributed by atoms with Gasteiger partial charge in [0.25, 0.3) is 0 Å². The van der Waals surface area contributed by atoms with Gasteiger partial charge in [-0.1, -0.05) is 30.3 Å². The Morgan fingerprint density at radius 1 is 1.12 bits per heavy atom. The summed E-state index contributed by atoms with van der Waals surface area (Å²) in [4.78, 5) is 23.7. The van der Waals surface area contributed by atoms with Crippen LogP contribution in [0.5, 0.6) is 0 Å². The van der Waals surface area contributed by atoms with E-state index in [1.54, 1.807) is 42.8 Å². The highest BCUT2D eigenvalue weighted by Gasteiger charge is 2.29. The smallest absolute Gasteiger partial charge is 0.313 e. The molecule has 1 amide bonds. The van der Waals surface area contributed by atoms with E-state index >= 15 is 0 Å². The molecular formula is C20H21N3O3. The number of anilines is 1. The molecule has 3 rings (SSSR count). The molecule has 6 heteroatoms. The van der Waals surface area contributed by atoms with E-state index in [0.717, 1.165) is 16.6 Å². The lowest BCUT2D eigenvalue weighted by Crippen LogP contribution is -2.28. The summed E-state index contributed by atoms with van der Waals surface area (Å²) in [6, 6.07) is 14.7. The number of carbonyl (C=O) groups excluding carboxylic acids is 1. The fourth-order valence-corrected chi connectivity index (χ4v) is 2.87. The fraction of sp³-hybridized carbons (Fsp3) is 0.250. The Morgan fingerprint density at radius 2 is 1.77 bits per heavy atom. The van der Waals surface area contributed by atoms with Gasteiger partial charge in [-0.15, -0.1) is 0 Å². The van der Waals surface area contributed by atoms with E-state index in [-0.39, 0.29) is 12.3 Å². The predicted octanol–water partition coefficient (Wildman–Crippen LogP) is 3.12. The van der Waals surface area contributed by atoms with Crippen molar-refractivity contribution in [1.82, 2.24) is 9.78 Å². The summed E-state index contributed by atoms with van der Waals surface area (Å²) >= 11 is 0. The molecule has 1 heterocycles. The first-order valence-electron chi connectivity index (χ1n) is 8.33. The standard InChI is InChI=1S/C20H21N3O3/c1-20(2,19(25)26)13-8-10-14(11-9-13)21-18(24)12-16-15-6-4-5-7-17(15)23(3)22-16/h4-11H,12H2,1-3H3,(H,21,24)(H,25,26). The van der Waals surface area contributed by atoms with Gasteiger partial charge < -0.3 is 10.4 Å². The third kappa shape index (κ3) is 3.31. The topological polar surface area (TPSA) is 84.2 Å². The third-order valence-electron chi connectivity index (χ3n) is 4.59. The number of hydrogen-bond acceptors (Lipinski definition) is 3. The number of rotatable bonds is 5. The summed E-state index contributed by atoms with van der Waals surface area (Å²) < 4.78 is 1.76. The van der Waals surface area contributed by atoms with Crippen molar-refractivity contribution in [3.05, 3.63) is 59.8 Å². The molecule has 0 atom stereocenters. The summed E-state index contributed by atoms with van der Waals surface area (Å²) in [5, 5.41) is 17.5. The maximum absolute atomic E-state index is 12.4. The van der Waals surface area contributed by atoms with E-state index in [4.69, 9.17) is 0 Å². The first-order chi connectivity index (χ1) is 12.3. The minimum Gasteiger partial charge on any atom is -0.481 e. The Labute approximate surface area is 151 Å². The van der Waals surface area contributed by atoms with Crippen LogP contribution < -0.4 is 5.32 Å². The molecule has 0 radical (unpaired) electrons. The number of para-hydroxylation sites is 1. The van der Waals surface area contributed by atoms with E-state index in [1.807, 2.05) is 31.3 Å². The highest BCUT2D eigenvalue weighted by molar-refractivity contribution is 5.95. The fourth-order valence-electron chi connectivity index (χ4n) is 2.87. The number of nitrogens with one attached hydrogen (secondary N) is 1. The molecular weight excluding hydrogens is 330 g/mol. The van der Waals surface area contributed by atoms with Crippen LogP contribution in [0.15, 0.2) is 48.5 Å². The van der Waals surface area contributed by atoms with Crippen molar-refractivity contribution >= 4 is 28.5 Å². The van der Waals surface area contributed by atoms with Gasteiger partial charge in [-0.05, 0) is 37.6 Å². The Morgan fingerprint density at radius 3 is 2.42 bits per heavy atom. The number of aliphatic carboxylic acids is 1. The Hall–Kier alpha value is -3.15. The Kier molecular flexibility index (Phi) is 4.50. The van der Waals surface area contributed by atoms with Gasteiger partial charge in [0.05, 0.1) is 23.0 Å². The average molecular weight is 351 g/mol. The van der Waals surface area contributed by atoms with E-state index in [0.29, 0.717) is 11.3 Å². The molecule has 2 aromatic carbocycles. The average Bonchev–Trinajstić information content (AvgIpc) is 2.91. The van der Waals surface area contributed by atoms with E-state index < -0.39 is 11.4 Å². The van der Waals surface area contributed by atoms with Crippen molar-refractivity contribution in [2.75, 3.05) is 5.32 Å². The number of amides is 1. The number of nitrogens with zero attached hydrogens (tertiary/aromatic N) is 2. The van der Waals surface area contributed by atoms with Crippen molar-refractivity contribution in [2.45, 2.75) is 25.7 Å². The number of fused-ring (bicyclic) bond motifs is 1. The van der Waals surface area contributed by atoms with Gasteiger partial charge >= 0.3 is 5.97 Å². The van der Waals surface area contributed by atoms with Crippen LogP contribution in [0.1, 0.15) is 25.1 Å². The normalized spacial score (nSPS) is 11.5. The number of hydrogen-bond donors (Lipinski definition) is 2. The monoisotopic (exact) mass is 351 g/mol. The van der Waals surface area contributed by atoms with Crippen LogP contribution in [0.4, 0.5) is 5.69 Å². The first-order valence-corrected chi connectivity index (χ1v) is 8.33. The van der Waals surface area contributed by atoms with E-state index in [2.05, 4.69) is 10.4 Å². The molecule has 1 aromatic heterocycles.